The van der Waals surface area contributed by atoms with Gasteiger partial charge in [-0.1, -0.05) is 0 Å². The summed E-state index contributed by atoms with van der Waals surface area (Å²) in [6, 6.07) is 3.40. The molecule has 0 aliphatic rings. The summed E-state index contributed by atoms with van der Waals surface area (Å²) in [6.45, 7) is 0.667. The van der Waals surface area contributed by atoms with E-state index in [1.807, 2.05) is 0 Å². The summed E-state index contributed by atoms with van der Waals surface area (Å²) in [4.78, 5) is 15.7. The summed E-state index contributed by atoms with van der Waals surface area (Å²) >= 11 is 0. The summed E-state index contributed by atoms with van der Waals surface area (Å²) < 4.78 is 14.6. The molecule has 0 bridgehead atoms. The minimum atomic E-state index is -0.413. The number of pyridine rings is 1. The smallest absolute Gasteiger partial charge is 0.339 e. The fraction of sp³-hybridized carbons (Fsp3) is 0.455. The zero-order valence-electron chi connectivity index (χ0n) is 9.65. The standard InChI is InChI=1S/C11H15NO4/c1-14-6-8-4-5-9(11(13)16-3)10(12-8)7-15-2/h4-5H,6-7H2,1-3H3. The van der Waals surface area contributed by atoms with E-state index in [2.05, 4.69) is 9.72 Å². The van der Waals surface area contributed by atoms with Gasteiger partial charge in [0, 0.05) is 14.2 Å². The molecule has 0 atom stereocenters. The van der Waals surface area contributed by atoms with Crippen molar-refractivity contribution in [1.82, 2.24) is 4.98 Å². The van der Waals surface area contributed by atoms with Gasteiger partial charge in [0.2, 0.25) is 0 Å². The van der Waals surface area contributed by atoms with Gasteiger partial charge in [-0.3, -0.25) is 4.98 Å². The molecule has 0 unspecified atom stereocenters. The van der Waals surface area contributed by atoms with Gasteiger partial charge in [0.1, 0.15) is 0 Å². The molecule has 1 rings (SSSR count). The Balaban J connectivity index is 3.03. The Hall–Kier alpha value is -1.46. The number of carbonyl (C=O) groups is 1. The van der Waals surface area contributed by atoms with E-state index in [0.29, 0.717) is 17.9 Å². The van der Waals surface area contributed by atoms with Crippen LogP contribution in [0.15, 0.2) is 12.1 Å². The number of hydrogen-bond donors (Lipinski definition) is 0. The predicted molar refractivity (Wildman–Crippen MR) is 57.0 cm³/mol. The molecule has 0 saturated carbocycles. The number of rotatable bonds is 5. The molecule has 16 heavy (non-hydrogen) atoms. The van der Waals surface area contributed by atoms with Crippen LogP contribution in [0.3, 0.4) is 0 Å². The highest BCUT2D eigenvalue weighted by molar-refractivity contribution is 5.90. The van der Waals surface area contributed by atoms with Crippen molar-refractivity contribution in [2.75, 3.05) is 21.3 Å². The summed E-state index contributed by atoms with van der Waals surface area (Å²) in [6.07, 6.45) is 0. The molecule has 5 nitrogen and oxygen atoms in total. The van der Waals surface area contributed by atoms with Crippen molar-refractivity contribution < 1.29 is 19.0 Å². The van der Waals surface area contributed by atoms with Crippen LogP contribution < -0.4 is 0 Å². The van der Waals surface area contributed by atoms with E-state index < -0.39 is 5.97 Å². The van der Waals surface area contributed by atoms with Crippen molar-refractivity contribution in [2.45, 2.75) is 13.2 Å². The Kier molecular flexibility index (Phi) is 4.88. The number of hydrogen-bond acceptors (Lipinski definition) is 5. The largest absolute Gasteiger partial charge is 0.465 e. The van der Waals surface area contributed by atoms with Crippen LogP contribution in [0.5, 0.6) is 0 Å². The SMILES string of the molecule is COCc1ccc(C(=O)OC)c(COC)n1. The van der Waals surface area contributed by atoms with Crippen LogP contribution in [0, 0.1) is 0 Å². The first-order valence-electron chi connectivity index (χ1n) is 4.78. The van der Waals surface area contributed by atoms with Gasteiger partial charge < -0.3 is 14.2 Å². The molecule has 0 N–H and O–H groups in total. The molecule has 0 aromatic carbocycles. The Morgan fingerprint density at radius 3 is 2.44 bits per heavy atom. The number of carbonyl (C=O) groups excluding carboxylic acids is 1. The van der Waals surface area contributed by atoms with Crippen molar-refractivity contribution in [1.29, 1.82) is 0 Å². The minimum Gasteiger partial charge on any atom is -0.465 e. The van der Waals surface area contributed by atoms with E-state index in [0.717, 1.165) is 5.69 Å². The lowest BCUT2D eigenvalue weighted by atomic mass is 10.2. The fourth-order valence-electron chi connectivity index (χ4n) is 1.32. The van der Waals surface area contributed by atoms with Crippen molar-refractivity contribution in [3.05, 3.63) is 29.1 Å². The van der Waals surface area contributed by atoms with E-state index in [9.17, 15) is 4.79 Å². The Labute approximate surface area is 94.3 Å². The van der Waals surface area contributed by atoms with Crippen molar-refractivity contribution in [2.24, 2.45) is 0 Å². The molecular weight excluding hydrogens is 210 g/mol. The van der Waals surface area contributed by atoms with Crippen LogP contribution in [0.25, 0.3) is 0 Å². The van der Waals surface area contributed by atoms with Crippen LogP contribution in [0.4, 0.5) is 0 Å². The second kappa shape index (κ2) is 6.19. The highest BCUT2D eigenvalue weighted by atomic mass is 16.5. The lowest BCUT2D eigenvalue weighted by Gasteiger charge is -2.08. The molecule has 0 radical (unpaired) electrons. The van der Waals surface area contributed by atoms with E-state index in [4.69, 9.17) is 9.47 Å². The fourth-order valence-corrected chi connectivity index (χ4v) is 1.32. The number of methoxy groups -OCH3 is 3. The van der Waals surface area contributed by atoms with Crippen molar-refractivity contribution >= 4 is 5.97 Å². The van der Waals surface area contributed by atoms with Crippen LogP contribution in [-0.4, -0.2) is 32.3 Å². The van der Waals surface area contributed by atoms with Gasteiger partial charge in [0.15, 0.2) is 0 Å². The van der Waals surface area contributed by atoms with E-state index in [-0.39, 0.29) is 6.61 Å². The lowest BCUT2D eigenvalue weighted by Crippen LogP contribution is -2.10. The molecule has 1 aromatic rings. The number of nitrogens with zero attached hydrogens (tertiary/aromatic N) is 1. The summed E-state index contributed by atoms with van der Waals surface area (Å²) in [5.41, 5.74) is 1.73. The maximum absolute atomic E-state index is 11.4. The lowest BCUT2D eigenvalue weighted by molar-refractivity contribution is 0.0594. The van der Waals surface area contributed by atoms with Crippen molar-refractivity contribution in [3.8, 4) is 0 Å². The zero-order valence-corrected chi connectivity index (χ0v) is 9.65. The normalized spacial score (nSPS) is 10.2. The van der Waals surface area contributed by atoms with Crippen LogP contribution >= 0.6 is 0 Å². The Morgan fingerprint density at radius 2 is 1.88 bits per heavy atom. The molecule has 1 aromatic heterocycles. The van der Waals surface area contributed by atoms with Gasteiger partial charge in [-0.15, -0.1) is 0 Å². The monoisotopic (exact) mass is 225 g/mol. The summed E-state index contributed by atoms with van der Waals surface area (Å²) in [5.74, 6) is -0.413. The van der Waals surface area contributed by atoms with Crippen LogP contribution in [0.2, 0.25) is 0 Å². The van der Waals surface area contributed by atoms with Gasteiger partial charge in [0.05, 0.1) is 37.3 Å². The molecule has 0 aliphatic carbocycles. The summed E-state index contributed by atoms with van der Waals surface area (Å²) in [5, 5.41) is 0. The van der Waals surface area contributed by atoms with E-state index in [1.54, 1.807) is 26.4 Å². The zero-order chi connectivity index (χ0) is 12.0. The molecule has 0 fully saturated rings. The van der Waals surface area contributed by atoms with E-state index >= 15 is 0 Å². The first kappa shape index (κ1) is 12.6. The Bertz CT molecular complexity index is 365. The molecule has 88 valence electrons. The maximum atomic E-state index is 11.4. The van der Waals surface area contributed by atoms with Gasteiger partial charge in [-0.05, 0) is 12.1 Å². The summed E-state index contributed by atoms with van der Waals surface area (Å²) in [7, 11) is 4.47. The molecule has 1 heterocycles. The third-order valence-electron chi connectivity index (χ3n) is 2.01. The number of ether oxygens (including phenoxy) is 3. The van der Waals surface area contributed by atoms with Gasteiger partial charge in [-0.2, -0.15) is 0 Å². The highest BCUT2D eigenvalue weighted by Crippen LogP contribution is 2.11. The Morgan fingerprint density at radius 1 is 1.19 bits per heavy atom. The molecule has 0 saturated heterocycles. The van der Waals surface area contributed by atoms with E-state index in [1.165, 1.54) is 7.11 Å². The highest BCUT2D eigenvalue weighted by Gasteiger charge is 2.13. The van der Waals surface area contributed by atoms with Crippen LogP contribution in [-0.2, 0) is 27.4 Å². The van der Waals surface area contributed by atoms with Gasteiger partial charge in [0.25, 0.3) is 0 Å². The topological polar surface area (TPSA) is 57.7 Å². The number of aromatic nitrogens is 1. The van der Waals surface area contributed by atoms with Crippen LogP contribution in [0.1, 0.15) is 21.7 Å². The second-order valence-corrected chi connectivity index (χ2v) is 3.15. The third-order valence-corrected chi connectivity index (χ3v) is 2.01. The molecular formula is C11H15NO4. The average molecular weight is 225 g/mol. The van der Waals surface area contributed by atoms with Gasteiger partial charge >= 0.3 is 5.97 Å². The molecule has 0 amide bonds. The average Bonchev–Trinajstić information content (AvgIpc) is 2.29. The number of esters is 1. The molecule has 0 aliphatic heterocycles. The van der Waals surface area contributed by atoms with Gasteiger partial charge in [-0.25, -0.2) is 4.79 Å². The first-order chi connectivity index (χ1) is 7.72. The maximum Gasteiger partial charge on any atom is 0.339 e. The minimum absolute atomic E-state index is 0.266. The van der Waals surface area contributed by atoms with Crippen molar-refractivity contribution in [3.63, 3.8) is 0 Å². The molecule has 0 spiro atoms. The predicted octanol–water partition coefficient (Wildman–Crippen LogP) is 1.16. The first-order valence-corrected chi connectivity index (χ1v) is 4.78. The quantitative estimate of drug-likeness (QED) is 0.704. The molecule has 5 heteroatoms. The second-order valence-electron chi connectivity index (χ2n) is 3.15. The third kappa shape index (κ3) is 3.01.